The van der Waals surface area contributed by atoms with Gasteiger partial charge in [-0.25, -0.2) is 0 Å². The van der Waals surface area contributed by atoms with E-state index in [9.17, 15) is 28.4 Å². The second-order valence-corrected chi connectivity index (χ2v) is 4.89. The van der Waals surface area contributed by atoms with Gasteiger partial charge >= 0.3 is 11.9 Å². The predicted octanol–water partition coefficient (Wildman–Crippen LogP) is 4.55. The number of rotatable bonds is 4. The van der Waals surface area contributed by atoms with Gasteiger partial charge in [0.2, 0.25) is 5.75 Å². The van der Waals surface area contributed by atoms with Crippen LogP contribution in [0.15, 0.2) is 36.4 Å². The van der Waals surface area contributed by atoms with E-state index in [2.05, 4.69) is 0 Å². The summed E-state index contributed by atoms with van der Waals surface area (Å²) in [6, 6.07) is 6.09. The largest absolute Gasteiger partial charge is 0.450 e. The van der Waals surface area contributed by atoms with Gasteiger partial charge in [-0.3, -0.25) is 10.1 Å². The van der Waals surface area contributed by atoms with Crippen molar-refractivity contribution < 1.29 is 27.9 Å². The van der Waals surface area contributed by atoms with Gasteiger partial charge in [0, 0.05) is 16.7 Å². The molecule has 23 heavy (non-hydrogen) atoms. The number of nitrogens with zero attached hydrogens (tertiary/aromatic N) is 1. The molecule has 1 N–H and O–H groups in total. The second-order valence-electron chi connectivity index (χ2n) is 4.45. The van der Waals surface area contributed by atoms with Gasteiger partial charge < -0.3 is 9.84 Å². The van der Waals surface area contributed by atoms with Crippen molar-refractivity contribution in [2.24, 2.45) is 0 Å². The van der Waals surface area contributed by atoms with E-state index in [4.69, 9.17) is 16.3 Å². The fraction of sp³-hybridized carbons (Fsp3) is 0.143. The highest BCUT2D eigenvalue weighted by Crippen LogP contribution is 2.38. The van der Waals surface area contributed by atoms with Gasteiger partial charge in [0.25, 0.3) is 0 Å². The Balaban J connectivity index is 2.46. The lowest BCUT2D eigenvalue weighted by atomic mass is 10.1. The SMILES string of the molecule is O=[N+]([O-])c1cc(C(F)(F)F)ccc1Oc1ccc(Cl)cc1CO. The molecule has 5 nitrogen and oxygen atoms in total. The molecule has 2 aromatic rings. The number of nitro groups is 1. The van der Waals surface area contributed by atoms with Crippen LogP contribution in [-0.4, -0.2) is 10.0 Å². The topological polar surface area (TPSA) is 72.6 Å². The summed E-state index contributed by atoms with van der Waals surface area (Å²) in [4.78, 5) is 10.0. The van der Waals surface area contributed by atoms with Gasteiger partial charge in [-0.05, 0) is 30.3 Å². The number of hydrogen-bond donors (Lipinski definition) is 1. The maximum Gasteiger partial charge on any atom is 0.416 e. The fourth-order valence-electron chi connectivity index (χ4n) is 1.81. The maximum atomic E-state index is 12.6. The zero-order chi connectivity index (χ0) is 17.2. The normalized spacial score (nSPS) is 11.3. The highest BCUT2D eigenvalue weighted by molar-refractivity contribution is 6.30. The van der Waals surface area contributed by atoms with Crippen molar-refractivity contribution in [1.82, 2.24) is 0 Å². The standard InChI is InChI=1S/C14H9ClF3NO4/c15-10-2-4-12(8(5-10)7-20)23-13-3-1-9(14(16,17)18)6-11(13)19(21)22/h1-6,20H,7H2. The van der Waals surface area contributed by atoms with Crippen LogP contribution < -0.4 is 4.74 Å². The molecular weight excluding hydrogens is 339 g/mol. The van der Waals surface area contributed by atoms with Gasteiger partial charge in [0.1, 0.15) is 5.75 Å². The second kappa shape index (κ2) is 6.43. The third-order valence-electron chi connectivity index (χ3n) is 2.90. The number of alkyl halides is 3. The number of hydrogen-bond acceptors (Lipinski definition) is 4. The molecule has 0 saturated carbocycles. The monoisotopic (exact) mass is 347 g/mol. The average molecular weight is 348 g/mol. The van der Waals surface area contributed by atoms with Crippen molar-refractivity contribution in [3.63, 3.8) is 0 Å². The summed E-state index contributed by atoms with van der Waals surface area (Å²) in [5.74, 6) is -0.320. The molecule has 9 heteroatoms. The summed E-state index contributed by atoms with van der Waals surface area (Å²) in [7, 11) is 0. The molecule has 0 aliphatic carbocycles. The molecule has 2 rings (SSSR count). The molecule has 0 aliphatic rings. The van der Waals surface area contributed by atoms with E-state index in [1.165, 1.54) is 18.2 Å². The molecule has 0 aromatic heterocycles. The molecule has 0 unspecified atom stereocenters. The first-order valence-corrected chi connectivity index (χ1v) is 6.53. The van der Waals surface area contributed by atoms with Gasteiger partial charge in [-0.15, -0.1) is 0 Å². The third kappa shape index (κ3) is 3.91. The molecule has 0 aliphatic heterocycles. The fourth-order valence-corrected chi connectivity index (χ4v) is 2.01. The molecule has 0 spiro atoms. The van der Waals surface area contributed by atoms with Crippen LogP contribution in [0.1, 0.15) is 11.1 Å². The third-order valence-corrected chi connectivity index (χ3v) is 3.13. The minimum atomic E-state index is -4.71. The van der Waals surface area contributed by atoms with E-state index in [0.717, 1.165) is 6.07 Å². The molecule has 2 aromatic carbocycles. The summed E-state index contributed by atoms with van der Waals surface area (Å²) in [6.07, 6.45) is -4.71. The lowest BCUT2D eigenvalue weighted by Crippen LogP contribution is -2.06. The van der Waals surface area contributed by atoms with Crippen LogP contribution >= 0.6 is 11.6 Å². The molecule has 122 valence electrons. The summed E-state index contributed by atoms with van der Waals surface area (Å²) >= 11 is 5.75. The van der Waals surface area contributed by atoms with Crippen LogP contribution in [0.25, 0.3) is 0 Å². The van der Waals surface area contributed by atoms with E-state index in [-0.39, 0.29) is 17.1 Å². The van der Waals surface area contributed by atoms with Crippen LogP contribution in [0.4, 0.5) is 18.9 Å². The average Bonchev–Trinajstić information content (AvgIpc) is 2.48. The van der Waals surface area contributed by atoms with Gasteiger partial charge in [0.05, 0.1) is 17.1 Å². The first kappa shape index (κ1) is 17.0. The van der Waals surface area contributed by atoms with Gasteiger partial charge in [0.15, 0.2) is 0 Å². The zero-order valence-electron chi connectivity index (χ0n) is 11.3. The summed E-state index contributed by atoms with van der Waals surface area (Å²) in [6.45, 7) is -0.454. The molecule has 0 atom stereocenters. The Kier molecular flexibility index (Phi) is 4.76. The Morgan fingerprint density at radius 3 is 2.39 bits per heavy atom. The summed E-state index contributed by atoms with van der Waals surface area (Å²) in [5.41, 5.74) is -1.75. The summed E-state index contributed by atoms with van der Waals surface area (Å²) < 4.78 is 43.2. The highest BCUT2D eigenvalue weighted by atomic mass is 35.5. The Bertz CT molecular complexity index is 749. The van der Waals surface area contributed by atoms with E-state index in [1.54, 1.807) is 0 Å². The van der Waals surface area contributed by atoms with Crippen LogP contribution in [0, 0.1) is 10.1 Å². The molecule has 0 fully saturated rings. The maximum absolute atomic E-state index is 12.6. The van der Waals surface area contributed by atoms with Crippen molar-refractivity contribution in [2.75, 3.05) is 0 Å². The van der Waals surface area contributed by atoms with Crippen molar-refractivity contribution in [2.45, 2.75) is 12.8 Å². The highest BCUT2D eigenvalue weighted by Gasteiger charge is 2.33. The molecule has 0 radical (unpaired) electrons. The van der Waals surface area contributed by atoms with Crippen LogP contribution in [0.3, 0.4) is 0 Å². The van der Waals surface area contributed by atoms with E-state index in [1.807, 2.05) is 0 Å². The number of aliphatic hydroxyl groups is 1. The first-order chi connectivity index (χ1) is 10.7. The van der Waals surface area contributed by atoms with Gasteiger partial charge in [-0.2, -0.15) is 13.2 Å². The van der Waals surface area contributed by atoms with Crippen molar-refractivity contribution >= 4 is 17.3 Å². The van der Waals surface area contributed by atoms with Gasteiger partial charge in [-0.1, -0.05) is 11.6 Å². The van der Waals surface area contributed by atoms with E-state index >= 15 is 0 Å². The quantitative estimate of drug-likeness (QED) is 0.650. The lowest BCUT2D eigenvalue weighted by molar-refractivity contribution is -0.385. The Morgan fingerprint density at radius 1 is 1.17 bits per heavy atom. The van der Waals surface area contributed by atoms with Crippen molar-refractivity contribution in [3.05, 3.63) is 62.7 Å². The molecule has 0 heterocycles. The summed E-state index contributed by atoms with van der Waals surface area (Å²) in [5, 5.41) is 20.5. The predicted molar refractivity (Wildman–Crippen MR) is 75.5 cm³/mol. The smallest absolute Gasteiger partial charge is 0.416 e. The molecule has 0 saturated heterocycles. The number of ether oxygens (including phenoxy) is 1. The van der Waals surface area contributed by atoms with Crippen LogP contribution in [0.5, 0.6) is 11.5 Å². The minimum Gasteiger partial charge on any atom is -0.450 e. The Hall–Kier alpha value is -2.32. The molecule has 0 bridgehead atoms. The number of aliphatic hydroxyl groups excluding tert-OH is 1. The van der Waals surface area contributed by atoms with Crippen LogP contribution in [0.2, 0.25) is 5.02 Å². The Morgan fingerprint density at radius 2 is 1.83 bits per heavy atom. The Labute approximate surface area is 133 Å². The minimum absolute atomic E-state index is 0.0553. The van der Waals surface area contributed by atoms with Crippen molar-refractivity contribution in [1.29, 1.82) is 0 Å². The van der Waals surface area contributed by atoms with Crippen LogP contribution in [-0.2, 0) is 12.8 Å². The number of benzene rings is 2. The van der Waals surface area contributed by atoms with E-state index in [0.29, 0.717) is 17.2 Å². The first-order valence-electron chi connectivity index (χ1n) is 6.15. The molecular formula is C14H9ClF3NO4. The number of nitro benzene ring substituents is 1. The zero-order valence-corrected chi connectivity index (χ0v) is 12.1. The number of halogens is 4. The van der Waals surface area contributed by atoms with E-state index < -0.39 is 29.0 Å². The lowest BCUT2D eigenvalue weighted by Gasteiger charge is -2.12. The van der Waals surface area contributed by atoms with Crippen molar-refractivity contribution in [3.8, 4) is 11.5 Å². The molecule has 0 amide bonds.